The minimum absolute atomic E-state index is 0.0747. The van der Waals surface area contributed by atoms with Crippen molar-refractivity contribution >= 4 is 16.9 Å². The van der Waals surface area contributed by atoms with E-state index in [2.05, 4.69) is 14.9 Å². The van der Waals surface area contributed by atoms with E-state index >= 15 is 0 Å². The average Bonchev–Trinajstić information content (AvgIpc) is 3.07. The van der Waals surface area contributed by atoms with Crippen LogP contribution < -0.4 is 0 Å². The van der Waals surface area contributed by atoms with Crippen LogP contribution in [0.1, 0.15) is 23.2 Å². The van der Waals surface area contributed by atoms with Crippen molar-refractivity contribution < 1.29 is 14.2 Å². The highest BCUT2D eigenvalue weighted by atomic mass is 16.6. The van der Waals surface area contributed by atoms with Crippen molar-refractivity contribution in [2.45, 2.75) is 24.9 Å². The smallest absolute Gasteiger partial charge is 0.254 e. The molecule has 2 saturated heterocycles. The van der Waals surface area contributed by atoms with E-state index in [1.54, 1.807) is 18.2 Å². The first-order chi connectivity index (χ1) is 9.79. The summed E-state index contributed by atoms with van der Waals surface area (Å²) in [7, 11) is 0. The van der Waals surface area contributed by atoms with Gasteiger partial charge in [0.2, 0.25) is 0 Å². The van der Waals surface area contributed by atoms with Gasteiger partial charge in [0.25, 0.3) is 5.91 Å². The van der Waals surface area contributed by atoms with Crippen LogP contribution in [0.2, 0.25) is 0 Å². The maximum atomic E-state index is 12.7. The lowest BCUT2D eigenvalue weighted by atomic mass is 9.53. The SMILES string of the molecule is O=C(c1ccc2nonc2c1)N1C2CCC23COCC13. The lowest BCUT2D eigenvalue weighted by molar-refractivity contribution is -0.150. The lowest BCUT2D eigenvalue weighted by Gasteiger charge is -2.66. The zero-order valence-electron chi connectivity index (χ0n) is 10.8. The molecule has 1 spiro atoms. The third-order valence-corrected chi connectivity index (χ3v) is 5.26. The molecule has 2 aromatic rings. The summed E-state index contributed by atoms with van der Waals surface area (Å²) < 4.78 is 10.3. The van der Waals surface area contributed by atoms with E-state index in [-0.39, 0.29) is 17.4 Å². The van der Waals surface area contributed by atoms with Gasteiger partial charge in [-0.05, 0) is 41.4 Å². The molecule has 1 aromatic carbocycles. The van der Waals surface area contributed by atoms with Crippen LogP contribution in [0.3, 0.4) is 0 Å². The van der Waals surface area contributed by atoms with Crippen LogP contribution in [-0.4, -0.2) is 46.4 Å². The highest BCUT2D eigenvalue weighted by molar-refractivity contribution is 5.98. The van der Waals surface area contributed by atoms with Gasteiger partial charge < -0.3 is 9.64 Å². The zero-order valence-corrected chi connectivity index (χ0v) is 10.8. The van der Waals surface area contributed by atoms with E-state index in [1.165, 1.54) is 6.42 Å². The first-order valence-electron chi connectivity index (χ1n) is 6.92. The van der Waals surface area contributed by atoms with Crippen molar-refractivity contribution in [3.63, 3.8) is 0 Å². The van der Waals surface area contributed by atoms with Crippen LogP contribution >= 0.6 is 0 Å². The fraction of sp³-hybridized carbons (Fsp3) is 0.500. The van der Waals surface area contributed by atoms with Gasteiger partial charge in [-0.15, -0.1) is 0 Å². The molecule has 20 heavy (non-hydrogen) atoms. The Morgan fingerprint density at radius 3 is 3.05 bits per heavy atom. The van der Waals surface area contributed by atoms with E-state index in [0.29, 0.717) is 29.2 Å². The molecular formula is C14H13N3O3. The highest BCUT2D eigenvalue weighted by Gasteiger charge is 2.69. The first-order valence-corrected chi connectivity index (χ1v) is 6.92. The predicted octanol–water partition coefficient (Wildman–Crippen LogP) is 1.23. The summed E-state index contributed by atoms with van der Waals surface area (Å²) in [5.41, 5.74) is 2.22. The monoisotopic (exact) mass is 271 g/mol. The van der Waals surface area contributed by atoms with E-state index in [1.807, 2.05) is 4.90 Å². The molecule has 3 unspecified atom stereocenters. The van der Waals surface area contributed by atoms with Gasteiger partial charge in [0.1, 0.15) is 11.0 Å². The average molecular weight is 271 g/mol. The van der Waals surface area contributed by atoms with Crippen molar-refractivity contribution in [1.82, 2.24) is 15.2 Å². The molecule has 0 bridgehead atoms. The number of ether oxygens (including phenoxy) is 1. The van der Waals surface area contributed by atoms with Crippen molar-refractivity contribution in [1.29, 1.82) is 0 Å². The summed E-state index contributed by atoms with van der Waals surface area (Å²) >= 11 is 0. The Labute approximate surface area is 114 Å². The highest BCUT2D eigenvalue weighted by Crippen LogP contribution is 2.60. The minimum atomic E-state index is 0.0747. The number of fused-ring (bicyclic) bond motifs is 1. The molecule has 6 nitrogen and oxygen atoms in total. The first kappa shape index (κ1) is 10.8. The number of benzene rings is 1. The molecule has 0 N–H and O–H groups in total. The quantitative estimate of drug-likeness (QED) is 0.780. The van der Waals surface area contributed by atoms with E-state index in [9.17, 15) is 4.79 Å². The number of likely N-dealkylation sites (tertiary alicyclic amines) is 1. The van der Waals surface area contributed by atoms with Gasteiger partial charge in [-0.3, -0.25) is 4.79 Å². The fourth-order valence-electron chi connectivity index (χ4n) is 4.08. The molecule has 3 aliphatic rings. The Balaban J connectivity index is 1.50. The molecule has 3 fully saturated rings. The number of rotatable bonds is 1. The van der Waals surface area contributed by atoms with E-state index < -0.39 is 0 Å². The van der Waals surface area contributed by atoms with Gasteiger partial charge >= 0.3 is 0 Å². The second-order valence-electron chi connectivity index (χ2n) is 6.00. The number of nitrogens with zero attached hydrogens (tertiary/aromatic N) is 3. The standard InChI is InChI=1S/C14H13N3O3/c18-13(8-1-2-9-10(5-8)16-20-15-9)17-11-3-4-14(11)7-19-6-12(14)17/h1-2,5,11-12H,3-4,6-7H2. The molecule has 3 heterocycles. The third kappa shape index (κ3) is 1.08. The Hall–Kier alpha value is -1.95. The number of amides is 1. The second-order valence-corrected chi connectivity index (χ2v) is 6.00. The summed E-state index contributed by atoms with van der Waals surface area (Å²) in [4.78, 5) is 14.7. The lowest BCUT2D eigenvalue weighted by Crippen LogP contribution is -2.77. The van der Waals surface area contributed by atoms with Crippen LogP contribution in [0.5, 0.6) is 0 Å². The fourth-order valence-corrected chi connectivity index (χ4v) is 4.08. The molecule has 102 valence electrons. The van der Waals surface area contributed by atoms with Gasteiger partial charge in [0.05, 0.1) is 19.3 Å². The molecule has 0 radical (unpaired) electrons. The summed E-state index contributed by atoms with van der Waals surface area (Å²) in [6.07, 6.45) is 2.29. The number of hydrogen-bond acceptors (Lipinski definition) is 5. The van der Waals surface area contributed by atoms with E-state index in [0.717, 1.165) is 13.0 Å². The second kappa shape index (κ2) is 3.38. The predicted molar refractivity (Wildman–Crippen MR) is 68.0 cm³/mol. The maximum Gasteiger partial charge on any atom is 0.254 e. The molecule has 1 aliphatic carbocycles. The normalized spacial score (nSPS) is 34.3. The molecule has 1 aromatic heterocycles. The number of hydrogen-bond donors (Lipinski definition) is 0. The maximum absolute atomic E-state index is 12.7. The van der Waals surface area contributed by atoms with Crippen molar-refractivity contribution in [2.75, 3.05) is 13.2 Å². The minimum Gasteiger partial charge on any atom is -0.379 e. The van der Waals surface area contributed by atoms with Gasteiger partial charge in [-0.25, -0.2) is 4.63 Å². The van der Waals surface area contributed by atoms with Gasteiger partial charge in [-0.2, -0.15) is 0 Å². The zero-order chi connectivity index (χ0) is 13.3. The van der Waals surface area contributed by atoms with Crippen molar-refractivity contribution in [3.05, 3.63) is 23.8 Å². The summed E-state index contributed by atoms with van der Waals surface area (Å²) in [6, 6.07) is 5.96. The summed E-state index contributed by atoms with van der Waals surface area (Å²) in [6.45, 7) is 1.49. The molecular weight excluding hydrogens is 258 g/mol. The van der Waals surface area contributed by atoms with Crippen LogP contribution in [0, 0.1) is 5.41 Å². The van der Waals surface area contributed by atoms with Gasteiger partial charge in [-0.1, -0.05) is 0 Å². The van der Waals surface area contributed by atoms with Crippen LogP contribution in [0.15, 0.2) is 22.8 Å². The molecule has 1 saturated carbocycles. The summed E-state index contributed by atoms with van der Waals surface area (Å²) in [5.74, 6) is 0.0747. The number of carbonyl (C=O) groups excluding carboxylic acids is 1. The van der Waals surface area contributed by atoms with Gasteiger partial charge in [0, 0.05) is 17.0 Å². The topological polar surface area (TPSA) is 68.5 Å². The number of piperidine rings is 1. The number of aromatic nitrogens is 2. The van der Waals surface area contributed by atoms with Gasteiger partial charge in [0.15, 0.2) is 0 Å². The largest absolute Gasteiger partial charge is 0.379 e. The summed E-state index contributed by atoms with van der Waals surface area (Å²) in [5, 5.41) is 7.55. The Bertz CT molecular complexity index is 727. The van der Waals surface area contributed by atoms with Crippen molar-refractivity contribution in [3.8, 4) is 0 Å². The number of carbonyl (C=O) groups is 1. The third-order valence-electron chi connectivity index (χ3n) is 5.26. The molecule has 3 atom stereocenters. The molecule has 2 aliphatic heterocycles. The van der Waals surface area contributed by atoms with E-state index in [4.69, 9.17) is 4.74 Å². The Morgan fingerprint density at radius 2 is 2.20 bits per heavy atom. The van der Waals surface area contributed by atoms with Crippen LogP contribution in [-0.2, 0) is 4.74 Å². The van der Waals surface area contributed by atoms with Crippen LogP contribution in [0.25, 0.3) is 11.0 Å². The molecule has 6 heteroatoms. The Morgan fingerprint density at radius 1 is 1.30 bits per heavy atom. The van der Waals surface area contributed by atoms with Crippen LogP contribution in [0.4, 0.5) is 0 Å². The molecule has 5 rings (SSSR count). The van der Waals surface area contributed by atoms with Crippen molar-refractivity contribution in [2.24, 2.45) is 5.41 Å². The Kier molecular flexibility index (Phi) is 1.82. The molecule has 1 amide bonds.